The average Bonchev–Trinajstić information content (AvgIpc) is 2.20. The van der Waals surface area contributed by atoms with Gasteiger partial charge in [0.2, 0.25) is 0 Å². The number of halogens is 1. The molecule has 0 bridgehead atoms. The Labute approximate surface area is 91.5 Å². The molecule has 0 fully saturated rings. The molecule has 1 rings (SSSR count). The minimum Gasteiger partial charge on any atom is -0.507 e. The summed E-state index contributed by atoms with van der Waals surface area (Å²) in [6.45, 7) is 2.55. The lowest BCUT2D eigenvalue weighted by Gasteiger charge is -2.14. The number of benzene rings is 1. The van der Waals surface area contributed by atoms with Gasteiger partial charge in [-0.25, -0.2) is 0 Å². The number of nitrogens with zero attached hydrogens (tertiary/aromatic N) is 1. The number of hydrogen-bond donors (Lipinski definition) is 1. The van der Waals surface area contributed by atoms with Crippen LogP contribution >= 0.6 is 15.9 Å². The second-order valence-corrected chi connectivity index (χ2v) is 3.84. The van der Waals surface area contributed by atoms with E-state index in [1.807, 2.05) is 6.92 Å². The molecule has 14 heavy (non-hydrogen) atoms. The van der Waals surface area contributed by atoms with Crippen LogP contribution in [0.3, 0.4) is 0 Å². The summed E-state index contributed by atoms with van der Waals surface area (Å²) < 4.78 is 0.591. The van der Waals surface area contributed by atoms with Crippen molar-refractivity contribution in [1.82, 2.24) is 4.90 Å². The number of phenols is 1. The second-order valence-electron chi connectivity index (χ2n) is 2.99. The van der Waals surface area contributed by atoms with Crippen LogP contribution in [0.1, 0.15) is 17.3 Å². The molecular weight excluding hydrogens is 246 g/mol. The third-order valence-electron chi connectivity index (χ3n) is 2.01. The van der Waals surface area contributed by atoms with Crippen LogP contribution in [0.15, 0.2) is 22.7 Å². The van der Waals surface area contributed by atoms with Crippen molar-refractivity contribution in [2.24, 2.45) is 0 Å². The van der Waals surface area contributed by atoms with Gasteiger partial charge in [-0.3, -0.25) is 4.79 Å². The standard InChI is InChI=1S/C10H12BrNO2/c1-3-12(2)10(14)7-4-5-8(11)9(13)6-7/h4-6,13H,3H2,1-2H3. The van der Waals surface area contributed by atoms with E-state index in [-0.39, 0.29) is 11.7 Å². The quantitative estimate of drug-likeness (QED) is 0.883. The third kappa shape index (κ3) is 2.26. The minimum atomic E-state index is -0.0877. The van der Waals surface area contributed by atoms with Crippen LogP contribution < -0.4 is 0 Å². The van der Waals surface area contributed by atoms with Gasteiger partial charge in [0.25, 0.3) is 5.91 Å². The van der Waals surface area contributed by atoms with Crippen molar-refractivity contribution < 1.29 is 9.90 Å². The molecule has 3 nitrogen and oxygen atoms in total. The lowest BCUT2D eigenvalue weighted by atomic mass is 10.2. The highest BCUT2D eigenvalue weighted by molar-refractivity contribution is 9.10. The summed E-state index contributed by atoms with van der Waals surface area (Å²) >= 11 is 3.16. The van der Waals surface area contributed by atoms with Crippen LogP contribution in [0.25, 0.3) is 0 Å². The zero-order chi connectivity index (χ0) is 10.7. The van der Waals surface area contributed by atoms with Crippen LogP contribution in [0, 0.1) is 0 Å². The maximum Gasteiger partial charge on any atom is 0.253 e. The molecule has 1 aromatic carbocycles. The summed E-state index contributed by atoms with van der Waals surface area (Å²) in [4.78, 5) is 13.2. The highest BCUT2D eigenvalue weighted by atomic mass is 79.9. The minimum absolute atomic E-state index is 0.0837. The molecule has 1 N–H and O–H groups in total. The Morgan fingerprint density at radius 3 is 2.71 bits per heavy atom. The van der Waals surface area contributed by atoms with E-state index in [1.165, 1.54) is 6.07 Å². The van der Waals surface area contributed by atoms with Gasteiger partial charge in [-0.15, -0.1) is 0 Å². The molecule has 1 aromatic rings. The van der Waals surface area contributed by atoms with E-state index in [0.717, 1.165) is 0 Å². The first-order valence-corrected chi connectivity index (χ1v) is 5.09. The molecule has 0 heterocycles. The molecule has 1 amide bonds. The van der Waals surface area contributed by atoms with Crippen molar-refractivity contribution in [1.29, 1.82) is 0 Å². The Kier molecular flexibility index (Phi) is 3.52. The summed E-state index contributed by atoms with van der Waals surface area (Å²) in [5, 5.41) is 9.39. The van der Waals surface area contributed by atoms with E-state index in [4.69, 9.17) is 0 Å². The average molecular weight is 258 g/mol. The van der Waals surface area contributed by atoms with Gasteiger partial charge < -0.3 is 10.0 Å². The monoisotopic (exact) mass is 257 g/mol. The molecule has 0 spiro atoms. The van der Waals surface area contributed by atoms with Gasteiger partial charge in [-0.1, -0.05) is 0 Å². The third-order valence-corrected chi connectivity index (χ3v) is 2.68. The molecule has 0 aliphatic rings. The highest BCUT2D eigenvalue weighted by Gasteiger charge is 2.11. The zero-order valence-corrected chi connectivity index (χ0v) is 9.71. The fraction of sp³-hybridized carbons (Fsp3) is 0.300. The van der Waals surface area contributed by atoms with Gasteiger partial charge in [-0.2, -0.15) is 0 Å². The van der Waals surface area contributed by atoms with Crippen molar-refractivity contribution in [3.05, 3.63) is 28.2 Å². The van der Waals surface area contributed by atoms with E-state index >= 15 is 0 Å². The second kappa shape index (κ2) is 4.46. The molecule has 0 atom stereocenters. The number of rotatable bonds is 2. The summed E-state index contributed by atoms with van der Waals surface area (Å²) in [7, 11) is 1.72. The van der Waals surface area contributed by atoms with Gasteiger partial charge in [0.15, 0.2) is 0 Å². The van der Waals surface area contributed by atoms with Crippen molar-refractivity contribution in [2.75, 3.05) is 13.6 Å². The number of hydrogen-bond acceptors (Lipinski definition) is 2. The van der Waals surface area contributed by atoms with Crippen LogP contribution in [0.4, 0.5) is 0 Å². The zero-order valence-electron chi connectivity index (χ0n) is 8.12. The van der Waals surface area contributed by atoms with Crippen molar-refractivity contribution in [3.8, 4) is 5.75 Å². The Bertz CT molecular complexity index is 352. The van der Waals surface area contributed by atoms with Crippen molar-refractivity contribution >= 4 is 21.8 Å². The first-order valence-electron chi connectivity index (χ1n) is 4.30. The van der Waals surface area contributed by atoms with Crippen molar-refractivity contribution in [3.63, 3.8) is 0 Å². The highest BCUT2D eigenvalue weighted by Crippen LogP contribution is 2.24. The number of amides is 1. The normalized spacial score (nSPS) is 9.93. The van der Waals surface area contributed by atoms with E-state index in [0.29, 0.717) is 16.6 Å². The molecule has 76 valence electrons. The first kappa shape index (κ1) is 11.0. The largest absolute Gasteiger partial charge is 0.507 e. The predicted molar refractivity (Wildman–Crippen MR) is 58.4 cm³/mol. The van der Waals surface area contributed by atoms with Crippen LogP contribution in [0.5, 0.6) is 5.75 Å². The molecule has 0 saturated carbocycles. The van der Waals surface area contributed by atoms with Gasteiger partial charge >= 0.3 is 0 Å². The molecular formula is C10H12BrNO2. The van der Waals surface area contributed by atoms with Crippen molar-refractivity contribution in [2.45, 2.75) is 6.92 Å². The lowest BCUT2D eigenvalue weighted by Crippen LogP contribution is -2.26. The molecule has 4 heteroatoms. The molecule has 0 aromatic heterocycles. The van der Waals surface area contributed by atoms with Crippen LogP contribution in [0.2, 0.25) is 0 Å². The van der Waals surface area contributed by atoms with E-state index in [1.54, 1.807) is 24.1 Å². The maximum absolute atomic E-state index is 11.6. The van der Waals surface area contributed by atoms with Gasteiger partial charge in [0, 0.05) is 19.2 Å². The maximum atomic E-state index is 11.6. The molecule has 0 radical (unpaired) electrons. The summed E-state index contributed by atoms with van der Waals surface area (Å²) in [5.74, 6) is -0.00402. The molecule has 0 saturated heterocycles. The Balaban J connectivity index is 2.97. The van der Waals surface area contributed by atoms with Gasteiger partial charge in [-0.05, 0) is 41.1 Å². The number of carbonyl (C=O) groups is 1. The number of aromatic hydroxyl groups is 1. The lowest BCUT2D eigenvalue weighted by molar-refractivity contribution is 0.0802. The Morgan fingerprint density at radius 2 is 2.21 bits per heavy atom. The van der Waals surface area contributed by atoms with E-state index in [2.05, 4.69) is 15.9 Å². The topological polar surface area (TPSA) is 40.5 Å². The Morgan fingerprint density at radius 1 is 1.57 bits per heavy atom. The Hall–Kier alpha value is -1.03. The smallest absolute Gasteiger partial charge is 0.253 e. The van der Waals surface area contributed by atoms with Crippen LogP contribution in [-0.2, 0) is 0 Å². The van der Waals surface area contributed by atoms with E-state index < -0.39 is 0 Å². The molecule has 0 unspecified atom stereocenters. The van der Waals surface area contributed by atoms with Crippen LogP contribution in [-0.4, -0.2) is 29.5 Å². The predicted octanol–water partition coefficient (Wildman–Crippen LogP) is 2.25. The molecule has 0 aliphatic heterocycles. The van der Waals surface area contributed by atoms with E-state index in [9.17, 15) is 9.90 Å². The van der Waals surface area contributed by atoms with Gasteiger partial charge in [0.05, 0.1) is 4.47 Å². The molecule has 0 aliphatic carbocycles. The summed E-state index contributed by atoms with van der Waals surface area (Å²) in [6, 6.07) is 4.79. The number of carbonyl (C=O) groups excluding carboxylic acids is 1. The fourth-order valence-electron chi connectivity index (χ4n) is 1.01. The SMILES string of the molecule is CCN(C)C(=O)c1ccc(Br)c(O)c1. The fourth-order valence-corrected chi connectivity index (χ4v) is 1.26. The number of phenolic OH excluding ortho intramolecular Hbond substituents is 1. The summed E-state index contributed by atoms with van der Waals surface area (Å²) in [5.41, 5.74) is 0.495. The van der Waals surface area contributed by atoms with Gasteiger partial charge in [0.1, 0.15) is 5.75 Å². The summed E-state index contributed by atoms with van der Waals surface area (Å²) in [6.07, 6.45) is 0. The first-order chi connectivity index (χ1) is 6.56.